The second-order valence-electron chi connectivity index (χ2n) is 3.83. The first-order valence-corrected chi connectivity index (χ1v) is 5.52. The Morgan fingerprint density at radius 1 is 1.33 bits per heavy atom. The number of aldehydes is 1. The molecular weight excluding hydrogens is 230 g/mol. The minimum atomic E-state index is -0.0619. The quantitative estimate of drug-likeness (QED) is 0.597. The molecule has 0 aliphatic rings. The van der Waals surface area contributed by atoms with Crippen LogP contribution in [0.2, 0.25) is 0 Å². The number of ketones is 1. The topological polar surface area (TPSA) is 48.3 Å². The van der Waals surface area contributed by atoms with E-state index in [9.17, 15) is 9.59 Å². The molecule has 0 saturated heterocycles. The first-order valence-electron chi connectivity index (χ1n) is 5.52. The highest BCUT2D eigenvalue weighted by atomic mass is 16.5. The predicted molar refractivity (Wildman–Crippen MR) is 67.1 cm³/mol. The van der Waals surface area contributed by atoms with Crippen molar-refractivity contribution in [2.75, 3.05) is 7.11 Å². The third kappa shape index (κ3) is 2.48. The largest absolute Gasteiger partial charge is 0.497 e. The van der Waals surface area contributed by atoms with E-state index in [1.807, 2.05) is 0 Å². The Morgan fingerprint density at radius 3 is 2.89 bits per heavy atom. The fourth-order valence-corrected chi connectivity index (χ4v) is 1.72. The number of Topliss-reactive ketones (excluding diaryl/α,β-unsaturated/α-hetero) is 1. The molecule has 0 aliphatic carbocycles. The Labute approximate surface area is 105 Å². The van der Waals surface area contributed by atoms with Gasteiger partial charge in [-0.2, -0.15) is 0 Å². The summed E-state index contributed by atoms with van der Waals surface area (Å²) in [7, 11) is 1.56. The summed E-state index contributed by atoms with van der Waals surface area (Å²) in [5.41, 5.74) is 1.06. The lowest BCUT2D eigenvalue weighted by Gasteiger charge is -2.06. The van der Waals surface area contributed by atoms with Gasteiger partial charge in [0, 0.05) is 11.8 Å². The number of benzene rings is 1. The zero-order valence-electron chi connectivity index (χ0n) is 10.00. The lowest BCUT2D eigenvalue weighted by Crippen LogP contribution is -2.11. The molecule has 0 aliphatic heterocycles. The first-order chi connectivity index (χ1) is 8.74. The van der Waals surface area contributed by atoms with Crippen molar-refractivity contribution in [3.63, 3.8) is 0 Å². The van der Waals surface area contributed by atoms with Gasteiger partial charge in [-0.25, -0.2) is 0 Å². The molecule has 2 rings (SSSR count). The minimum Gasteiger partial charge on any atom is -0.497 e. The molecule has 18 heavy (non-hydrogen) atoms. The number of carbonyl (C=O) groups excluding carboxylic acids is 2. The van der Waals surface area contributed by atoms with E-state index in [1.54, 1.807) is 54.3 Å². The van der Waals surface area contributed by atoms with E-state index in [0.717, 1.165) is 6.29 Å². The minimum absolute atomic E-state index is 0.0619. The van der Waals surface area contributed by atoms with Crippen molar-refractivity contribution < 1.29 is 14.3 Å². The fourth-order valence-electron chi connectivity index (χ4n) is 1.72. The molecule has 92 valence electrons. The molecule has 0 radical (unpaired) electrons. The van der Waals surface area contributed by atoms with Crippen LogP contribution in [0, 0.1) is 0 Å². The van der Waals surface area contributed by atoms with Crippen molar-refractivity contribution in [3.8, 4) is 5.75 Å². The Balaban J connectivity index is 2.19. The zero-order chi connectivity index (χ0) is 13.0. The van der Waals surface area contributed by atoms with Gasteiger partial charge in [0.1, 0.15) is 5.75 Å². The van der Waals surface area contributed by atoms with Gasteiger partial charge in [0.25, 0.3) is 0 Å². The number of methoxy groups -OCH3 is 1. The molecule has 1 aromatic heterocycles. The van der Waals surface area contributed by atoms with Crippen LogP contribution in [0.15, 0.2) is 42.6 Å². The van der Waals surface area contributed by atoms with Gasteiger partial charge in [0.2, 0.25) is 0 Å². The van der Waals surface area contributed by atoms with Crippen molar-refractivity contribution in [1.29, 1.82) is 0 Å². The van der Waals surface area contributed by atoms with Gasteiger partial charge in [0.05, 0.1) is 19.3 Å². The molecule has 0 bridgehead atoms. The molecule has 4 heteroatoms. The van der Waals surface area contributed by atoms with Crippen LogP contribution in [0.3, 0.4) is 0 Å². The Hall–Kier alpha value is -2.36. The van der Waals surface area contributed by atoms with Gasteiger partial charge in [0.15, 0.2) is 12.1 Å². The van der Waals surface area contributed by atoms with Crippen molar-refractivity contribution in [2.45, 2.75) is 6.54 Å². The summed E-state index contributed by atoms with van der Waals surface area (Å²) in [6, 6.07) is 10.4. The van der Waals surface area contributed by atoms with Crippen LogP contribution in [0.5, 0.6) is 5.75 Å². The SMILES string of the molecule is COc1cccc(C(=O)Cn2cccc2C=O)c1. The number of hydrogen-bond acceptors (Lipinski definition) is 3. The van der Waals surface area contributed by atoms with E-state index in [2.05, 4.69) is 0 Å². The maximum Gasteiger partial charge on any atom is 0.182 e. The van der Waals surface area contributed by atoms with Crippen molar-refractivity contribution in [1.82, 2.24) is 4.57 Å². The highest BCUT2D eigenvalue weighted by molar-refractivity contribution is 5.96. The van der Waals surface area contributed by atoms with E-state index in [-0.39, 0.29) is 12.3 Å². The Morgan fingerprint density at radius 2 is 2.17 bits per heavy atom. The molecular formula is C14H13NO3. The maximum atomic E-state index is 12.1. The molecule has 1 aromatic carbocycles. The average Bonchev–Trinajstić information content (AvgIpc) is 2.86. The number of hydrogen-bond donors (Lipinski definition) is 0. The zero-order valence-corrected chi connectivity index (χ0v) is 10.00. The number of aromatic nitrogens is 1. The third-order valence-corrected chi connectivity index (χ3v) is 2.69. The van der Waals surface area contributed by atoms with Gasteiger partial charge in [-0.05, 0) is 24.3 Å². The normalized spacial score (nSPS) is 10.1. The van der Waals surface area contributed by atoms with Crippen molar-refractivity contribution in [3.05, 3.63) is 53.9 Å². The number of ether oxygens (including phenoxy) is 1. The summed E-state index contributed by atoms with van der Waals surface area (Å²) < 4.78 is 6.69. The summed E-state index contributed by atoms with van der Waals surface area (Å²) in [5, 5.41) is 0. The first kappa shape index (κ1) is 12.1. The number of nitrogens with zero attached hydrogens (tertiary/aromatic N) is 1. The molecule has 0 saturated carbocycles. The number of carbonyl (C=O) groups is 2. The lowest BCUT2D eigenvalue weighted by molar-refractivity contribution is 0.0970. The van der Waals surface area contributed by atoms with E-state index in [1.165, 1.54) is 0 Å². The van der Waals surface area contributed by atoms with Crippen LogP contribution in [0.25, 0.3) is 0 Å². The summed E-state index contributed by atoms with van der Waals surface area (Å²) in [5.74, 6) is 0.581. The summed E-state index contributed by atoms with van der Waals surface area (Å²) in [6.07, 6.45) is 2.45. The smallest absolute Gasteiger partial charge is 0.182 e. The van der Waals surface area contributed by atoms with E-state index < -0.39 is 0 Å². The molecule has 1 heterocycles. The molecule has 0 spiro atoms. The van der Waals surface area contributed by atoms with E-state index in [0.29, 0.717) is 17.0 Å². The molecule has 0 atom stereocenters. The van der Waals surface area contributed by atoms with Crippen molar-refractivity contribution >= 4 is 12.1 Å². The number of rotatable bonds is 5. The molecule has 0 unspecified atom stereocenters. The van der Waals surface area contributed by atoms with Gasteiger partial charge < -0.3 is 9.30 Å². The van der Waals surface area contributed by atoms with Gasteiger partial charge in [-0.15, -0.1) is 0 Å². The molecule has 0 N–H and O–H groups in total. The Kier molecular flexibility index (Phi) is 3.57. The van der Waals surface area contributed by atoms with Crippen LogP contribution < -0.4 is 4.74 Å². The standard InChI is InChI=1S/C14H13NO3/c1-18-13-6-2-4-11(8-13)14(17)9-15-7-3-5-12(15)10-16/h2-8,10H,9H2,1H3. The van der Waals surface area contributed by atoms with Crippen LogP contribution in [0.4, 0.5) is 0 Å². The molecule has 0 fully saturated rings. The van der Waals surface area contributed by atoms with Crippen LogP contribution in [-0.4, -0.2) is 23.7 Å². The molecule has 4 nitrogen and oxygen atoms in total. The highest BCUT2D eigenvalue weighted by Crippen LogP contribution is 2.14. The molecule has 0 amide bonds. The molecule has 2 aromatic rings. The monoisotopic (exact) mass is 243 g/mol. The third-order valence-electron chi connectivity index (χ3n) is 2.69. The Bertz CT molecular complexity index is 572. The fraction of sp³-hybridized carbons (Fsp3) is 0.143. The summed E-state index contributed by atoms with van der Waals surface area (Å²) in [4.78, 5) is 22.8. The van der Waals surface area contributed by atoms with Gasteiger partial charge in [-0.3, -0.25) is 9.59 Å². The van der Waals surface area contributed by atoms with Crippen molar-refractivity contribution in [2.24, 2.45) is 0 Å². The lowest BCUT2D eigenvalue weighted by atomic mass is 10.1. The van der Waals surface area contributed by atoms with Gasteiger partial charge >= 0.3 is 0 Å². The summed E-state index contributed by atoms with van der Waals surface area (Å²) >= 11 is 0. The average molecular weight is 243 g/mol. The van der Waals surface area contributed by atoms with E-state index >= 15 is 0 Å². The van der Waals surface area contributed by atoms with Gasteiger partial charge in [-0.1, -0.05) is 12.1 Å². The van der Waals surface area contributed by atoms with Crippen LogP contribution >= 0.6 is 0 Å². The van der Waals surface area contributed by atoms with E-state index in [4.69, 9.17) is 4.74 Å². The second-order valence-corrected chi connectivity index (χ2v) is 3.83. The maximum absolute atomic E-state index is 12.1. The second kappa shape index (κ2) is 5.31. The summed E-state index contributed by atoms with van der Waals surface area (Å²) in [6.45, 7) is 0.147. The van der Waals surface area contributed by atoms with Crippen LogP contribution in [0.1, 0.15) is 20.8 Å². The van der Waals surface area contributed by atoms with Crippen LogP contribution in [-0.2, 0) is 6.54 Å². The predicted octanol–water partition coefficient (Wildman–Crippen LogP) is 2.19. The highest BCUT2D eigenvalue weighted by Gasteiger charge is 2.09.